The van der Waals surface area contributed by atoms with E-state index >= 15 is 0 Å². The van der Waals surface area contributed by atoms with Gasteiger partial charge in [0.15, 0.2) is 11.5 Å². The molecule has 12 nitrogen and oxygen atoms in total. The van der Waals surface area contributed by atoms with Crippen molar-refractivity contribution in [2.45, 2.75) is 45.6 Å². The van der Waals surface area contributed by atoms with Crippen molar-refractivity contribution in [3.63, 3.8) is 0 Å². The largest absolute Gasteiger partial charge is 0.385 e. The van der Waals surface area contributed by atoms with E-state index in [1.165, 1.54) is 40.1 Å². The maximum Gasteiger partial charge on any atom is 0.273 e. The minimum atomic E-state index is -1.28. The van der Waals surface area contributed by atoms with E-state index in [9.17, 15) is 18.4 Å². The van der Waals surface area contributed by atoms with E-state index < -0.39 is 17.9 Å². The van der Waals surface area contributed by atoms with Crippen LogP contribution >= 0.6 is 0 Å². The number of pyridine rings is 1. The summed E-state index contributed by atoms with van der Waals surface area (Å²) in [5.41, 5.74) is 2.10. The van der Waals surface area contributed by atoms with Crippen LogP contribution in [0.4, 0.5) is 14.6 Å². The zero-order valence-corrected chi connectivity index (χ0v) is 20.1. The lowest BCUT2D eigenvalue weighted by Crippen LogP contribution is -2.24. The quantitative estimate of drug-likeness (QED) is 0.351. The number of alkyl halides is 1. The summed E-state index contributed by atoms with van der Waals surface area (Å²) in [5.74, 6) is -1.07. The van der Waals surface area contributed by atoms with Gasteiger partial charge in [0.2, 0.25) is 5.91 Å². The molecule has 3 aromatic rings. The number of nitrogens with zero attached hydrogens (tertiary/aromatic N) is 7. The van der Waals surface area contributed by atoms with Crippen LogP contribution in [0.15, 0.2) is 54.1 Å². The second kappa shape index (κ2) is 12.0. The molecule has 1 aliphatic heterocycles. The van der Waals surface area contributed by atoms with Gasteiger partial charge in [0.05, 0.1) is 31.2 Å². The normalized spacial score (nSPS) is 13.8. The van der Waals surface area contributed by atoms with E-state index in [-0.39, 0.29) is 55.6 Å². The molecule has 0 radical (unpaired) electrons. The highest BCUT2D eigenvalue weighted by atomic mass is 19.1. The number of aryl methyl sites for hydroxylation is 1. The van der Waals surface area contributed by atoms with Crippen molar-refractivity contribution in [3.05, 3.63) is 71.4 Å². The van der Waals surface area contributed by atoms with Gasteiger partial charge in [0, 0.05) is 37.8 Å². The van der Waals surface area contributed by atoms with Crippen LogP contribution in [-0.2, 0) is 24.4 Å². The summed E-state index contributed by atoms with van der Waals surface area (Å²) in [6.45, 7) is 2.56. The first kappa shape index (κ1) is 25.6. The fourth-order valence-electron chi connectivity index (χ4n) is 3.45. The number of carbonyl (C=O) groups is 2. The van der Waals surface area contributed by atoms with Crippen LogP contribution in [-0.4, -0.2) is 59.5 Å². The summed E-state index contributed by atoms with van der Waals surface area (Å²) < 4.78 is 30.8. The average Bonchev–Trinajstić information content (AvgIpc) is 3.53. The number of hydrogen-bond acceptors (Lipinski definition) is 8. The van der Waals surface area contributed by atoms with Crippen LogP contribution < -0.4 is 16.0 Å². The smallest absolute Gasteiger partial charge is 0.273 e. The number of halogens is 2. The molecule has 0 spiro atoms. The van der Waals surface area contributed by atoms with Crippen LogP contribution in [0.1, 0.15) is 35.9 Å². The van der Waals surface area contributed by atoms with Crippen molar-refractivity contribution in [3.8, 4) is 0 Å². The molecule has 0 bridgehead atoms. The zero-order chi connectivity index (χ0) is 26.2. The molecule has 3 aromatic heterocycles. The van der Waals surface area contributed by atoms with Crippen LogP contribution in [0.5, 0.6) is 0 Å². The van der Waals surface area contributed by atoms with E-state index in [4.69, 9.17) is 0 Å². The molecule has 2 amide bonds. The van der Waals surface area contributed by atoms with Gasteiger partial charge in [0.25, 0.3) is 5.91 Å². The molecule has 0 aromatic carbocycles. The monoisotopic (exact) mass is 512 g/mol. The first-order valence-electron chi connectivity index (χ1n) is 11.6. The summed E-state index contributed by atoms with van der Waals surface area (Å²) in [6, 6.07) is 2.71. The molecule has 0 saturated heterocycles. The molecule has 1 atom stereocenters. The SMILES string of the molecule is CC1=CC=C(CC(=O)Nc2cn(CC(F)CCn3cc(C(=O)NCc4ncccc4F)nn3)nn2)CN1. The lowest BCUT2D eigenvalue weighted by molar-refractivity contribution is -0.115. The summed E-state index contributed by atoms with van der Waals surface area (Å²) in [4.78, 5) is 28.3. The van der Waals surface area contributed by atoms with E-state index in [0.717, 1.165) is 11.3 Å². The summed E-state index contributed by atoms with van der Waals surface area (Å²) in [5, 5.41) is 23.7. The van der Waals surface area contributed by atoms with Gasteiger partial charge in [-0.3, -0.25) is 19.3 Å². The summed E-state index contributed by atoms with van der Waals surface area (Å²) >= 11 is 0. The van der Waals surface area contributed by atoms with Gasteiger partial charge in [-0.2, -0.15) is 0 Å². The Balaban J connectivity index is 1.19. The Hall–Kier alpha value is -4.49. The Morgan fingerprint density at radius 3 is 2.81 bits per heavy atom. The summed E-state index contributed by atoms with van der Waals surface area (Å²) in [7, 11) is 0. The van der Waals surface area contributed by atoms with Crippen LogP contribution in [0.25, 0.3) is 0 Å². The predicted octanol–water partition coefficient (Wildman–Crippen LogP) is 1.52. The van der Waals surface area contributed by atoms with E-state index in [2.05, 4.69) is 41.6 Å². The Morgan fingerprint density at radius 2 is 2.03 bits per heavy atom. The first-order valence-corrected chi connectivity index (χ1v) is 11.6. The highest BCUT2D eigenvalue weighted by molar-refractivity contribution is 5.92. The van der Waals surface area contributed by atoms with Crippen LogP contribution in [0.2, 0.25) is 0 Å². The van der Waals surface area contributed by atoms with Gasteiger partial charge in [-0.25, -0.2) is 13.5 Å². The van der Waals surface area contributed by atoms with Gasteiger partial charge in [-0.05, 0) is 30.7 Å². The molecular formula is C23H26F2N10O2. The Bertz CT molecular complexity index is 1320. The number of carbonyl (C=O) groups excluding carboxylic acids is 2. The third-order valence-corrected chi connectivity index (χ3v) is 5.44. The van der Waals surface area contributed by atoms with Gasteiger partial charge < -0.3 is 16.0 Å². The number of nitrogens with one attached hydrogen (secondary N) is 3. The minimum absolute atomic E-state index is 0.0225. The number of amides is 2. The van der Waals surface area contributed by atoms with Gasteiger partial charge in [-0.1, -0.05) is 16.5 Å². The molecule has 3 N–H and O–H groups in total. The molecule has 4 rings (SSSR count). The topological polar surface area (TPSA) is 145 Å². The van der Waals surface area contributed by atoms with Crippen molar-refractivity contribution in [1.82, 2.24) is 45.6 Å². The van der Waals surface area contributed by atoms with Crippen molar-refractivity contribution < 1.29 is 18.4 Å². The lowest BCUT2D eigenvalue weighted by atomic mass is 10.1. The van der Waals surface area contributed by atoms with E-state index in [1.54, 1.807) is 0 Å². The van der Waals surface area contributed by atoms with Crippen molar-refractivity contribution >= 4 is 17.6 Å². The Kier molecular flexibility index (Phi) is 8.28. The molecule has 37 heavy (non-hydrogen) atoms. The number of allylic oxidation sites excluding steroid dienone is 3. The van der Waals surface area contributed by atoms with Gasteiger partial charge in [0.1, 0.15) is 12.0 Å². The van der Waals surface area contributed by atoms with Crippen molar-refractivity contribution in [1.29, 1.82) is 0 Å². The number of dihydropyridines is 1. The van der Waals surface area contributed by atoms with Crippen LogP contribution in [0.3, 0.4) is 0 Å². The molecule has 0 fully saturated rings. The molecule has 194 valence electrons. The average molecular weight is 513 g/mol. The standard InChI is InChI=1S/C23H26F2N10O2/c1-15-4-5-16(10-27-15)9-22(36)29-21-14-35(33-31-21)12-17(24)6-8-34-13-20(30-32-34)23(37)28-11-19-18(25)3-2-7-26-19/h2-5,7,13-14,17,27H,6,8-12H2,1H3,(H,28,37)(H,29,36). The maximum atomic E-state index is 14.5. The van der Waals surface area contributed by atoms with Crippen molar-refractivity contribution in [2.75, 3.05) is 11.9 Å². The zero-order valence-electron chi connectivity index (χ0n) is 20.1. The first-order chi connectivity index (χ1) is 17.9. The molecule has 0 aliphatic carbocycles. The van der Waals surface area contributed by atoms with Gasteiger partial charge >= 0.3 is 0 Å². The minimum Gasteiger partial charge on any atom is -0.385 e. The number of rotatable bonds is 11. The molecule has 0 saturated carbocycles. The van der Waals surface area contributed by atoms with Crippen LogP contribution in [0, 0.1) is 5.82 Å². The molecule has 1 aliphatic rings. The van der Waals surface area contributed by atoms with Crippen molar-refractivity contribution in [2.24, 2.45) is 0 Å². The Morgan fingerprint density at radius 1 is 1.19 bits per heavy atom. The second-order valence-corrected chi connectivity index (χ2v) is 8.45. The van der Waals surface area contributed by atoms with Gasteiger partial charge in [-0.15, -0.1) is 10.2 Å². The predicted molar refractivity (Wildman–Crippen MR) is 128 cm³/mol. The fourth-order valence-corrected chi connectivity index (χ4v) is 3.45. The fraction of sp³-hybridized carbons (Fsp3) is 0.348. The highest BCUT2D eigenvalue weighted by Crippen LogP contribution is 2.11. The second-order valence-electron chi connectivity index (χ2n) is 8.45. The molecular weight excluding hydrogens is 486 g/mol. The third-order valence-electron chi connectivity index (χ3n) is 5.44. The van der Waals surface area contributed by atoms with E-state index in [1.807, 2.05) is 19.1 Å². The Labute approximate surface area is 210 Å². The highest BCUT2D eigenvalue weighted by Gasteiger charge is 2.15. The number of aromatic nitrogens is 7. The summed E-state index contributed by atoms with van der Waals surface area (Å²) in [6.07, 6.45) is 7.10. The maximum absolute atomic E-state index is 14.5. The number of anilines is 1. The third kappa shape index (κ3) is 7.49. The molecule has 4 heterocycles. The van der Waals surface area contributed by atoms with E-state index in [0.29, 0.717) is 6.54 Å². The molecule has 14 heteroatoms. The lowest BCUT2D eigenvalue weighted by Gasteiger charge is -2.13. The number of hydrogen-bond donors (Lipinski definition) is 3. The molecule has 1 unspecified atom stereocenters.